The molecule has 1 unspecified atom stereocenters. The molecule has 1 atom stereocenters. The smallest absolute Gasteiger partial charge is 0.360 e. The van der Waals surface area contributed by atoms with Gasteiger partial charge in [-0.25, -0.2) is 9.78 Å². The molecule has 6 heteroatoms. The van der Waals surface area contributed by atoms with E-state index in [4.69, 9.17) is 10.5 Å². The molecule has 6 nitrogen and oxygen atoms in total. The summed E-state index contributed by atoms with van der Waals surface area (Å²) >= 11 is 0. The third-order valence-electron chi connectivity index (χ3n) is 3.07. The third kappa shape index (κ3) is 2.48. The molecule has 3 heterocycles. The zero-order valence-corrected chi connectivity index (χ0v) is 11.4. The number of nitrogens with two attached hydrogens (primary N) is 1. The predicted octanol–water partition coefficient (Wildman–Crippen LogP) is 1.97. The maximum absolute atomic E-state index is 12.4. The first kappa shape index (κ1) is 13.3. The van der Waals surface area contributed by atoms with E-state index >= 15 is 0 Å². The Balaban J connectivity index is 1.96. The Morgan fingerprint density at radius 3 is 2.90 bits per heavy atom. The minimum absolute atomic E-state index is 0.321. The van der Waals surface area contributed by atoms with Crippen LogP contribution in [-0.4, -0.2) is 20.3 Å². The quantitative estimate of drug-likeness (QED) is 0.743. The molecule has 0 fully saturated rings. The van der Waals surface area contributed by atoms with E-state index in [1.807, 2.05) is 6.07 Å². The van der Waals surface area contributed by atoms with Crippen LogP contribution in [0.5, 0.6) is 5.75 Å². The first-order valence-corrected chi connectivity index (χ1v) is 6.51. The molecule has 3 aromatic rings. The minimum atomic E-state index is -0.478. The molecular formula is C15H14N4O2. The van der Waals surface area contributed by atoms with E-state index in [0.29, 0.717) is 22.8 Å². The van der Waals surface area contributed by atoms with Crippen molar-refractivity contribution in [3.05, 3.63) is 60.3 Å². The van der Waals surface area contributed by atoms with Gasteiger partial charge >= 0.3 is 5.97 Å². The molecule has 0 amide bonds. The topological polar surface area (TPSA) is 82.5 Å². The van der Waals surface area contributed by atoms with Crippen LogP contribution < -0.4 is 10.5 Å². The Morgan fingerprint density at radius 2 is 2.10 bits per heavy atom. The van der Waals surface area contributed by atoms with Gasteiger partial charge in [0, 0.05) is 24.6 Å². The number of nitrogens with zero attached hydrogens (tertiary/aromatic N) is 3. The number of hydrogen-bond acceptors (Lipinski definition) is 5. The van der Waals surface area contributed by atoms with Gasteiger partial charge in [0.2, 0.25) is 0 Å². The summed E-state index contributed by atoms with van der Waals surface area (Å²) in [6.45, 7) is 1.79. The number of rotatable bonds is 3. The van der Waals surface area contributed by atoms with Gasteiger partial charge in [0.25, 0.3) is 0 Å². The van der Waals surface area contributed by atoms with Crippen molar-refractivity contribution in [3.63, 3.8) is 0 Å². The lowest BCUT2D eigenvalue weighted by molar-refractivity contribution is 0.0724. The van der Waals surface area contributed by atoms with Gasteiger partial charge in [-0.3, -0.25) is 9.38 Å². The van der Waals surface area contributed by atoms with Crippen LogP contribution in [-0.2, 0) is 0 Å². The molecule has 0 radical (unpaired) electrons. The van der Waals surface area contributed by atoms with Crippen molar-refractivity contribution in [2.45, 2.75) is 13.0 Å². The summed E-state index contributed by atoms with van der Waals surface area (Å²) < 4.78 is 7.11. The molecule has 0 aliphatic carbocycles. The van der Waals surface area contributed by atoms with Crippen molar-refractivity contribution >= 4 is 11.6 Å². The highest BCUT2D eigenvalue weighted by Crippen LogP contribution is 2.22. The summed E-state index contributed by atoms with van der Waals surface area (Å²) in [6, 6.07) is 8.31. The van der Waals surface area contributed by atoms with Crippen molar-refractivity contribution < 1.29 is 9.53 Å². The van der Waals surface area contributed by atoms with Gasteiger partial charge in [-0.1, -0.05) is 6.07 Å². The van der Waals surface area contributed by atoms with E-state index in [2.05, 4.69) is 9.97 Å². The molecule has 3 aromatic heterocycles. The van der Waals surface area contributed by atoms with Crippen LogP contribution in [0.2, 0.25) is 0 Å². The second kappa shape index (κ2) is 5.34. The summed E-state index contributed by atoms with van der Waals surface area (Å²) in [5.41, 5.74) is 7.46. The second-order valence-corrected chi connectivity index (χ2v) is 4.63. The van der Waals surface area contributed by atoms with Gasteiger partial charge in [0.1, 0.15) is 11.3 Å². The average Bonchev–Trinajstić information content (AvgIpc) is 2.95. The number of aromatic nitrogens is 3. The fourth-order valence-corrected chi connectivity index (χ4v) is 2.10. The lowest BCUT2D eigenvalue weighted by atomic mass is 10.2. The van der Waals surface area contributed by atoms with Crippen molar-refractivity contribution in [2.75, 3.05) is 0 Å². The minimum Gasteiger partial charge on any atom is -0.420 e. The molecule has 0 aromatic carbocycles. The summed E-state index contributed by atoms with van der Waals surface area (Å²) in [6.07, 6.45) is 4.96. The molecule has 0 saturated carbocycles. The molecule has 2 N–H and O–H groups in total. The van der Waals surface area contributed by atoms with Gasteiger partial charge in [-0.2, -0.15) is 0 Å². The highest BCUT2D eigenvalue weighted by atomic mass is 16.5. The Kier molecular flexibility index (Phi) is 3.37. The van der Waals surface area contributed by atoms with E-state index in [1.165, 1.54) is 0 Å². The molecule has 3 rings (SSSR count). The molecule has 0 spiro atoms. The fraction of sp³-hybridized carbons (Fsp3) is 0.133. The van der Waals surface area contributed by atoms with Gasteiger partial charge in [-0.05, 0) is 31.2 Å². The summed E-state index contributed by atoms with van der Waals surface area (Å²) in [7, 11) is 0. The Morgan fingerprint density at radius 1 is 1.24 bits per heavy atom. The highest BCUT2D eigenvalue weighted by molar-refractivity contribution is 5.90. The lowest BCUT2D eigenvalue weighted by Gasteiger charge is -2.11. The van der Waals surface area contributed by atoms with Crippen molar-refractivity contribution in [3.8, 4) is 5.75 Å². The zero-order valence-electron chi connectivity index (χ0n) is 11.4. The van der Waals surface area contributed by atoms with E-state index in [1.54, 1.807) is 54.2 Å². The standard InChI is InChI=1S/C15H14N4O2/c1-10(16)14-12(5-3-7-18-14)21-15(20)11-4-2-6-13-17-8-9-19(11)13/h2-10H,16H2,1H3. The molecule has 0 aliphatic heterocycles. The number of pyridine rings is 2. The summed E-state index contributed by atoms with van der Waals surface area (Å²) in [4.78, 5) is 20.7. The van der Waals surface area contributed by atoms with Crippen LogP contribution in [0.3, 0.4) is 0 Å². The maximum Gasteiger partial charge on any atom is 0.360 e. The molecule has 106 valence electrons. The monoisotopic (exact) mass is 282 g/mol. The van der Waals surface area contributed by atoms with Crippen LogP contribution in [0.25, 0.3) is 5.65 Å². The van der Waals surface area contributed by atoms with Gasteiger partial charge in [0.05, 0.1) is 5.69 Å². The number of carbonyl (C=O) groups is 1. The first-order chi connectivity index (χ1) is 10.2. The second-order valence-electron chi connectivity index (χ2n) is 4.63. The zero-order chi connectivity index (χ0) is 14.8. The number of carbonyl (C=O) groups excluding carboxylic acids is 1. The SMILES string of the molecule is CC(N)c1ncccc1OC(=O)c1cccc2nccn12. The Labute approximate surface area is 121 Å². The molecule has 0 aliphatic rings. The number of hydrogen-bond donors (Lipinski definition) is 1. The van der Waals surface area contributed by atoms with E-state index in [-0.39, 0.29) is 6.04 Å². The normalized spacial score (nSPS) is 12.3. The number of fused-ring (bicyclic) bond motifs is 1. The van der Waals surface area contributed by atoms with Crippen LogP contribution in [0.4, 0.5) is 0 Å². The fourth-order valence-electron chi connectivity index (χ4n) is 2.10. The molecule has 0 saturated heterocycles. The number of ether oxygens (including phenoxy) is 1. The van der Waals surface area contributed by atoms with E-state index in [9.17, 15) is 4.79 Å². The average molecular weight is 282 g/mol. The molecule has 0 bridgehead atoms. The van der Waals surface area contributed by atoms with E-state index in [0.717, 1.165) is 0 Å². The highest BCUT2D eigenvalue weighted by Gasteiger charge is 2.16. The van der Waals surface area contributed by atoms with Crippen LogP contribution in [0.1, 0.15) is 29.1 Å². The van der Waals surface area contributed by atoms with E-state index < -0.39 is 5.97 Å². The maximum atomic E-state index is 12.4. The summed E-state index contributed by atoms with van der Waals surface area (Å²) in [5, 5.41) is 0. The lowest BCUT2D eigenvalue weighted by Crippen LogP contribution is -2.16. The molecular weight excluding hydrogens is 268 g/mol. The molecule has 21 heavy (non-hydrogen) atoms. The van der Waals surface area contributed by atoms with Crippen molar-refractivity contribution in [1.29, 1.82) is 0 Å². The van der Waals surface area contributed by atoms with Gasteiger partial charge < -0.3 is 10.5 Å². The number of esters is 1. The predicted molar refractivity (Wildman–Crippen MR) is 77.0 cm³/mol. The largest absolute Gasteiger partial charge is 0.420 e. The van der Waals surface area contributed by atoms with Crippen molar-refractivity contribution in [2.24, 2.45) is 5.73 Å². The van der Waals surface area contributed by atoms with Crippen LogP contribution in [0, 0.1) is 0 Å². The Hall–Kier alpha value is -2.73. The van der Waals surface area contributed by atoms with Gasteiger partial charge in [0.15, 0.2) is 5.75 Å². The first-order valence-electron chi connectivity index (χ1n) is 6.51. The summed E-state index contributed by atoms with van der Waals surface area (Å²) in [5.74, 6) is -0.108. The number of imidazole rings is 1. The van der Waals surface area contributed by atoms with Crippen LogP contribution >= 0.6 is 0 Å². The third-order valence-corrected chi connectivity index (χ3v) is 3.07. The Bertz CT molecular complexity index is 795. The van der Waals surface area contributed by atoms with Crippen molar-refractivity contribution in [1.82, 2.24) is 14.4 Å². The van der Waals surface area contributed by atoms with Gasteiger partial charge in [-0.15, -0.1) is 0 Å². The van der Waals surface area contributed by atoms with Crippen LogP contribution in [0.15, 0.2) is 48.9 Å².